The van der Waals surface area contributed by atoms with Gasteiger partial charge in [0.15, 0.2) is 0 Å². The van der Waals surface area contributed by atoms with Crippen molar-refractivity contribution in [1.82, 2.24) is 0 Å². The molecule has 0 heterocycles. The lowest BCUT2D eigenvalue weighted by Gasteiger charge is -2.16. The lowest BCUT2D eigenvalue weighted by molar-refractivity contribution is -0.147. The molecule has 0 rings (SSSR count). The molecule has 0 amide bonds. The Bertz CT molecular complexity index is 141. The molecule has 0 saturated carbocycles. The van der Waals surface area contributed by atoms with Gasteiger partial charge in [0, 0.05) is 0 Å². The molecule has 3 nitrogen and oxygen atoms in total. The third-order valence-electron chi connectivity index (χ3n) is 1.14. The molecule has 0 unspecified atom stereocenters. The van der Waals surface area contributed by atoms with E-state index in [1.165, 1.54) is 6.08 Å². The molecule has 0 aromatic heterocycles. The summed E-state index contributed by atoms with van der Waals surface area (Å²) in [6.07, 6.45) is 1.37. The predicted molar refractivity (Wildman–Crippen MR) is 39.4 cm³/mol. The number of hydrogen-bond donors (Lipinski definition) is 1. The topological polar surface area (TPSA) is 52.3 Å². The van der Waals surface area contributed by atoms with Crippen molar-refractivity contribution in [3.05, 3.63) is 12.7 Å². The molecule has 0 aromatic rings. The zero-order valence-corrected chi connectivity index (χ0v) is 6.39. The van der Waals surface area contributed by atoms with E-state index < -0.39 is 11.5 Å². The molecule has 0 aliphatic carbocycles. The molecule has 0 saturated heterocycles. The van der Waals surface area contributed by atoms with E-state index in [0.29, 0.717) is 6.61 Å². The molecule has 0 radical (unpaired) electrons. The van der Waals surface area contributed by atoms with Crippen molar-refractivity contribution >= 4 is 5.97 Å². The second kappa shape index (κ2) is 3.37. The molecule has 0 aliphatic rings. The summed E-state index contributed by atoms with van der Waals surface area (Å²) >= 11 is 0. The number of esters is 1. The Balaban J connectivity index is 4.04. The maximum Gasteiger partial charge on any atom is 0.329 e. The lowest BCUT2D eigenvalue weighted by atomic mass is 10.1. The molecule has 0 aromatic carbocycles. The van der Waals surface area contributed by atoms with Crippen molar-refractivity contribution in [2.45, 2.75) is 19.4 Å². The van der Waals surface area contributed by atoms with Crippen molar-refractivity contribution in [3.8, 4) is 0 Å². The highest BCUT2D eigenvalue weighted by Crippen LogP contribution is 2.02. The normalized spacial score (nSPS) is 15.5. The fourth-order valence-corrected chi connectivity index (χ4v) is 0.370. The Hall–Kier alpha value is -0.830. The van der Waals surface area contributed by atoms with E-state index in [0.717, 1.165) is 0 Å². The van der Waals surface area contributed by atoms with Crippen molar-refractivity contribution in [2.24, 2.45) is 5.73 Å². The Morgan fingerprint density at radius 3 is 2.70 bits per heavy atom. The summed E-state index contributed by atoms with van der Waals surface area (Å²) in [5.41, 5.74) is 4.41. The maximum atomic E-state index is 10.9. The second-order valence-electron chi connectivity index (χ2n) is 2.21. The summed E-state index contributed by atoms with van der Waals surface area (Å²) in [4.78, 5) is 10.9. The Morgan fingerprint density at radius 2 is 2.40 bits per heavy atom. The number of carbonyl (C=O) groups excluding carboxylic acids is 1. The van der Waals surface area contributed by atoms with Gasteiger partial charge in [0.25, 0.3) is 0 Å². The second-order valence-corrected chi connectivity index (χ2v) is 2.21. The number of rotatable bonds is 3. The summed E-state index contributed by atoms with van der Waals surface area (Å²) < 4.78 is 4.66. The fourth-order valence-electron chi connectivity index (χ4n) is 0.370. The minimum Gasteiger partial charge on any atom is -0.464 e. The SMILES string of the molecule is C=C[C@@](C)(N)C(=O)OCC. The molecule has 0 spiro atoms. The van der Waals surface area contributed by atoms with Crippen LogP contribution in [0.5, 0.6) is 0 Å². The molecular formula is C7H13NO2. The summed E-state index contributed by atoms with van der Waals surface area (Å²) in [5.74, 6) is -0.440. The van der Waals surface area contributed by atoms with Gasteiger partial charge in [0.05, 0.1) is 6.61 Å². The van der Waals surface area contributed by atoms with Crippen LogP contribution in [0, 0.1) is 0 Å². The van der Waals surface area contributed by atoms with E-state index in [9.17, 15) is 4.79 Å². The van der Waals surface area contributed by atoms with Crippen LogP contribution in [-0.4, -0.2) is 18.1 Å². The minimum atomic E-state index is -1.05. The van der Waals surface area contributed by atoms with Crippen molar-refractivity contribution in [2.75, 3.05) is 6.61 Å². The van der Waals surface area contributed by atoms with Crippen LogP contribution in [0.25, 0.3) is 0 Å². The smallest absolute Gasteiger partial charge is 0.329 e. The Labute approximate surface area is 60.9 Å². The molecule has 2 N–H and O–H groups in total. The van der Waals surface area contributed by atoms with Gasteiger partial charge in [-0.25, -0.2) is 4.79 Å². The molecule has 0 fully saturated rings. The zero-order chi connectivity index (χ0) is 8.20. The highest BCUT2D eigenvalue weighted by Gasteiger charge is 2.25. The lowest BCUT2D eigenvalue weighted by Crippen LogP contribution is -2.43. The van der Waals surface area contributed by atoms with Crippen LogP contribution in [-0.2, 0) is 9.53 Å². The van der Waals surface area contributed by atoms with Crippen LogP contribution >= 0.6 is 0 Å². The van der Waals surface area contributed by atoms with Crippen LogP contribution in [0.3, 0.4) is 0 Å². The van der Waals surface area contributed by atoms with Gasteiger partial charge in [-0.3, -0.25) is 0 Å². The van der Waals surface area contributed by atoms with E-state index >= 15 is 0 Å². The number of carbonyl (C=O) groups is 1. The number of nitrogens with two attached hydrogens (primary N) is 1. The van der Waals surface area contributed by atoms with Crippen molar-refractivity contribution < 1.29 is 9.53 Å². The number of ether oxygens (including phenoxy) is 1. The van der Waals surface area contributed by atoms with Gasteiger partial charge in [-0.2, -0.15) is 0 Å². The van der Waals surface area contributed by atoms with Gasteiger partial charge in [-0.05, 0) is 13.8 Å². The first-order valence-electron chi connectivity index (χ1n) is 3.14. The highest BCUT2D eigenvalue weighted by atomic mass is 16.5. The van der Waals surface area contributed by atoms with E-state index in [1.807, 2.05) is 0 Å². The van der Waals surface area contributed by atoms with Gasteiger partial charge in [0.1, 0.15) is 5.54 Å². The summed E-state index contributed by atoms with van der Waals surface area (Å²) in [6.45, 7) is 7.04. The minimum absolute atomic E-state index is 0.347. The van der Waals surface area contributed by atoms with Gasteiger partial charge in [-0.1, -0.05) is 6.08 Å². The molecule has 10 heavy (non-hydrogen) atoms. The predicted octanol–water partition coefficient (Wildman–Crippen LogP) is 0.453. The molecular weight excluding hydrogens is 130 g/mol. The van der Waals surface area contributed by atoms with Crippen LogP contribution in [0.2, 0.25) is 0 Å². The Kier molecular flexibility index (Phi) is 3.09. The molecule has 0 bridgehead atoms. The van der Waals surface area contributed by atoms with Gasteiger partial charge < -0.3 is 10.5 Å². The largest absolute Gasteiger partial charge is 0.464 e. The molecule has 1 atom stereocenters. The van der Waals surface area contributed by atoms with E-state index in [2.05, 4.69) is 11.3 Å². The van der Waals surface area contributed by atoms with Crippen LogP contribution < -0.4 is 5.73 Å². The average Bonchev–Trinajstić information content (AvgIpc) is 1.89. The molecule has 3 heteroatoms. The van der Waals surface area contributed by atoms with Gasteiger partial charge in [-0.15, -0.1) is 6.58 Å². The quantitative estimate of drug-likeness (QED) is 0.461. The monoisotopic (exact) mass is 143 g/mol. The van der Waals surface area contributed by atoms with E-state index in [1.54, 1.807) is 13.8 Å². The first-order chi connectivity index (χ1) is 4.54. The van der Waals surface area contributed by atoms with E-state index in [-0.39, 0.29) is 0 Å². The Morgan fingerprint density at radius 1 is 1.90 bits per heavy atom. The van der Waals surface area contributed by atoms with Crippen LogP contribution in [0.15, 0.2) is 12.7 Å². The highest BCUT2D eigenvalue weighted by molar-refractivity contribution is 5.82. The fraction of sp³-hybridized carbons (Fsp3) is 0.571. The summed E-state index contributed by atoms with van der Waals surface area (Å²) in [5, 5.41) is 0. The maximum absolute atomic E-state index is 10.9. The first-order valence-corrected chi connectivity index (χ1v) is 3.14. The third-order valence-corrected chi connectivity index (χ3v) is 1.14. The average molecular weight is 143 g/mol. The number of hydrogen-bond acceptors (Lipinski definition) is 3. The van der Waals surface area contributed by atoms with Crippen molar-refractivity contribution in [3.63, 3.8) is 0 Å². The standard InChI is InChI=1S/C7H13NO2/c1-4-7(3,8)6(9)10-5-2/h4H,1,5,8H2,2-3H3/t7-/m1/s1. The van der Waals surface area contributed by atoms with Gasteiger partial charge >= 0.3 is 5.97 Å². The molecule has 0 aliphatic heterocycles. The van der Waals surface area contributed by atoms with Crippen LogP contribution in [0.4, 0.5) is 0 Å². The van der Waals surface area contributed by atoms with Gasteiger partial charge in [0.2, 0.25) is 0 Å². The summed E-state index contributed by atoms with van der Waals surface area (Å²) in [7, 11) is 0. The first kappa shape index (κ1) is 9.17. The van der Waals surface area contributed by atoms with Crippen molar-refractivity contribution in [1.29, 1.82) is 0 Å². The van der Waals surface area contributed by atoms with Crippen LogP contribution in [0.1, 0.15) is 13.8 Å². The van der Waals surface area contributed by atoms with E-state index in [4.69, 9.17) is 5.73 Å². The molecule has 58 valence electrons. The zero-order valence-electron chi connectivity index (χ0n) is 6.39. The third kappa shape index (κ3) is 2.19. The summed E-state index contributed by atoms with van der Waals surface area (Å²) in [6, 6.07) is 0.